The standard InChI is InChI=1S/C13H15N3O4/c1-9-14-13(16(18)19)8-15(9)7-12(17)10-3-5-11(20-2)6-4-10/h3-6,8,12,17H,7H2,1-2H3/t12-/m0/s1. The molecule has 1 heterocycles. The van der Waals surface area contributed by atoms with Gasteiger partial charge in [-0.25, -0.2) is 0 Å². The van der Waals surface area contributed by atoms with Gasteiger partial charge in [-0.1, -0.05) is 12.1 Å². The van der Waals surface area contributed by atoms with Gasteiger partial charge in [-0.05, 0) is 27.6 Å². The minimum Gasteiger partial charge on any atom is -0.497 e. The number of imidazole rings is 1. The van der Waals surface area contributed by atoms with Gasteiger partial charge >= 0.3 is 5.82 Å². The molecule has 106 valence electrons. The van der Waals surface area contributed by atoms with Crippen molar-refractivity contribution in [1.82, 2.24) is 9.55 Å². The first-order valence-electron chi connectivity index (χ1n) is 6.01. The van der Waals surface area contributed by atoms with Gasteiger partial charge in [0.2, 0.25) is 5.82 Å². The number of aliphatic hydroxyl groups excluding tert-OH is 1. The van der Waals surface area contributed by atoms with Crippen molar-refractivity contribution < 1.29 is 14.8 Å². The Kier molecular flexibility index (Phi) is 3.99. The van der Waals surface area contributed by atoms with Crippen LogP contribution in [0.3, 0.4) is 0 Å². The molecular formula is C13H15N3O4. The summed E-state index contributed by atoms with van der Waals surface area (Å²) >= 11 is 0. The normalized spacial score (nSPS) is 12.2. The molecular weight excluding hydrogens is 262 g/mol. The van der Waals surface area contributed by atoms with Gasteiger partial charge in [0.15, 0.2) is 0 Å². The van der Waals surface area contributed by atoms with Crippen LogP contribution >= 0.6 is 0 Å². The fourth-order valence-electron chi connectivity index (χ4n) is 1.88. The maximum Gasteiger partial charge on any atom is 0.381 e. The van der Waals surface area contributed by atoms with E-state index in [1.807, 2.05) is 0 Å². The second kappa shape index (κ2) is 5.70. The second-order valence-corrected chi connectivity index (χ2v) is 4.34. The van der Waals surface area contributed by atoms with Gasteiger partial charge in [0.05, 0.1) is 19.8 Å². The average molecular weight is 277 g/mol. The third-order valence-electron chi connectivity index (χ3n) is 3.02. The number of nitro groups is 1. The van der Waals surface area contributed by atoms with Gasteiger partial charge < -0.3 is 24.5 Å². The maximum absolute atomic E-state index is 10.6. The Morgan fingerprint density at radius 1 is 1.45 bits per heavy atom. The molecule has 1 atom stereocenters. The zero-order chi connectivity index (χ0) is 14.7. The molecule has 0 amide bonds. The van der Waals surface area contributed by atoms with Crippen molar-refractivity contribution in [2.75, 3.05) is 7.11 Å². The molecule has 0 spiro atoms. The number of rotatable bonds is 5. The molecule has 2 aromatic rings. The van der Waals surface area contributed by atoms with Crippen LogP contribution in [0.15, 0.2) is 30.5 Å². The molecule has 20 heavy (non-hydrogen) atoms. The highest BCUT2D eigenvalue weighted by Gasteiger charge is 2.18. The van der Waals surface area contributed by atoms with Crippen LogP contribution in [0.25, 0.3) is 0 Å². The lowest BCUT2D eigenvalue weighted by atomic mass is 10.1. The van der Waals surface area contributed by atoms with Crippen LogP contribution in [0.5, 0.6) is 5.75 Å². The third-order valence-corrected chi connectivity index (χ3v) is 3.02. The molecule has 0 unspecified atom stereocenters. The largest absolute Gasteiger partial charge is 0.497 e. The Labute approximate surface area is 115 Å². The predicted molar refractivity (Wildman–Crippen MR) is 71.6 cm³/mol. The number of hydrogen-bond acceptors (Lipinski definition) is 5. The first-order valence-corrected chi connectivity index (χ1v) is 6.01. The lowest BCUT2D eigenvalue weighted by molar-refractivity contribution is -0.389. The summed E-state index contributed by atoms with van der Waals surface area (Å²) in [5, 5.41) is 20.8. The van der Waals surface area contributed by atoms with Crippen LogP contribution in [-0.2, 0) is 6.54 Å². The molecule has 0 saturated heterocycles. The van der Waals surface area contributed by atoms with E-state index in [4.69, 9.17) is 4.74 Å². The molecule has 1 aromatic carbocycles. The highest BCUT2D eigenvalue weighted by molar-refractivity contribution is 5.28. The van der Waals surface area contributed by atoms with E-state index in [0.717, 1.165) is 0 Å². The van der Waals surface area contributed by atoms with Crippen molar-refractivity contribution >= 4 is 5.82 Å². The van der Waals surface area contributed by atoms with E-state index in [2.05, 4.69) is 4.98 Å². The second-order valence-electron chi connectivity index (χ2n) is 4.34. The summed E-state index contributed by atoms with van der Waals surface area (Å²) in [7, 11) is 1.57. The molecule has 0 aliphatic heterocycles. The van der Waals surface area contributed by atoms with Gasteiger partial charge in [0.25, 0.3) is 0 Å². The summed E-state index contributed by atoms with van der Waals surface area (Å²) in [5.41, 5.74) is 0.710. The number of benzene rings is 1. The molecule has 0 aliphatic rings. The van der Waals surface area contributed by atoms with Crippen LogP contribution in [0, 0.1) is 17.0 Å². The number of ether oxygens (including phenoxy) is 1. The predicted octanol–water partition coefficient (Wildman–Crippen LogP) is 1.84. The number of hydrogen-bond donors (Lipinski definition) is 1. The van der Waals surface area contributed by atoms with Crippen molar-refractivity contribution in [2.45, 2.75) is 19.6 Å². The first kappa shape index (κ1) is 14.0. The summed E-state index contributed by atoms with van der Waals surface area (Å²) in [6, 6.07) is 7.01. The minimum absolute atomic E-state index is 0.207. The van der Waals surface area contributed by atoms with Crippen LogP contribution in [0.4, 0.5) is 5.82 Å². The highest BCUT2D eigenvalue weighted by Crippen LogP contribution is 2.20. The van der Waals surface area contributed by atoms with Crippen LogP contribution in [0.2, 0.25) is 0 Å². The number of aromatic nitrogens is 2. The maximum atomic E-state index is 10.6. The third kappa shape index (κ3) is 2.94. The zero-order valence-electron chi connectivity index (χ0n) is 11.2. The first-order chi connectivity index (χ1) is 9.51. The fourth-order valence-corrected chi connectivity index (χ4v) is 1.88. The molecule has 0 fully saturated rings. The average Bonchev–Trinajstić information content (AvgIpc) is 2.80. The van der Waals surface area contributed by atoms with E-state index in [1.54, 1.807) is 42.9 Å². The van der Waals surface area contributed by atoms with E-state index in [0.29, 0.717) is 17.1 Å². The molecule has 0 aliphatic carbocycles. The highest BCUT2D eigenvalue weighted by atomic mass is 16.6. The van der Waals surface area contributed by atoms with Crippen LogP contribution < -0.4 is 4.74 Å². The van der Waals surface area contributed by atoms with Crippen molar-refractivity contribution in [2.24, 2.45) is 0 Å². The number of nitrogens with zero attached hydrogens (tertiary/aromatic N) is 3. The molecule has 2 rings (SSSR count). The molecule has 1 N–H and O–H groups in total. The van der Waals surface area contributed by atoms with Gasteiger partial charge in [0.1, 0.15) is 11.9 Å². The smallest absolute Gasteiger partial charge is 0.381 e. The van der Waals surface area contributed by atoms with Crippen molar-refractivity contribution in [1.29, 1.82) is 0 Å². The van der Waals surface area contributed by atoms with Crippen molar-refractivity contribution in [3.63, 3.8) is 0 Å². The van der Waals surface area contributed by atoms with Crippen LogP contribution in [0.1, 0.15) is 17.5 Å². The Bertz CT molecular complexity index is 607. The Balaban J connectivity index is 2.14. The lowest BCUT2D eigenvalue weighted by Crippen LogP contribution is -2.09. The van der Waals surface area contributed by atoms with Gasteiger partial charge in [0, 0.05) is 6.92 Å². The monoisotopic (exact) mass is 277 g/mol. The van der Waals surface area contributed by atoms with E-state index in [1.165, 1.54) is 6.20 Å². The SMILES string of the molecule is COc1ccc([C@@H](O)Cn2cc([N+](=O)[O-])nc2C)cc1. The van der Waals surface area contributed by atoms with Crippen LogP contribution in [-0.4, -0.2) is 26.7 Å². The Morgan fingerprint density at radius 3 is 2.60 bits per heavy atom. The minimum atomic E-state index is -0.770. The summed E-state index contributed by atoms with van der Waals surface area (Å²) in [6.45, 7) is 1.87. The fraction of sp³-hybridized carbons (Fsp3) is 0.308. The number of aliphatic hydroxyl groups is 1. The molecule has 1 aromatic heterocycles. The summed E-state index contributed by atoms with van der Waals surface area (Å²) in [6.07, 6.45) is 0.552. The summed E-state index contributed by atoms with van der Waals surface area (Å²) in [5.74, 6) is 0.976. The number of aryl methyl sites for hydroxylation is 1. The van der Waals surface area contributed by atoms with Crippen molar-refractivity contribution in [3.05, 3.63) is 52.0 Å². The molecule has 0 saturated carbocycles. The molecule has 0 bridgehead atoms. The van der Waals surface area contributed by atoms with E-state index < -0.39 is 11.0 Å². The lowest BCUT2D eigenvalue weighted by Gasteiger charge is -2.12. The van der Waals surface area contributed by atoms with E-state index in [-0.39, 0.29) is 12.4 Å². The summed E-state index contributed by atoms with van der Waals surface area (Å²) in [4.78, 5) is 13.9. The quantitative estimate of drug-likeness (QED) is 0.665. The zero-order valence-corrected chi connectivity index (χ0v) is 11.2. The summed E-state index contributed by atoms with van der Waals surface area (Å²) < 4.78 is 6.61. The van der Waals surface area contributed by atoms with E-state index >= 15 is 0 Å². The Morgan fingerprint density at radius 2 is 2.10 bits per heavy atom. The molecule has 7 heteroatoms. The molecule has 0 radical (unpaired) electrons. The van der Waals surface area contributed by atoms with Crippen molar-refractivity contribution in [3.8, 4) is 5.75 Å². The van der Waals surface area contributed by atoms with Gasteiger partial charge in [-0.2, -0.15) is 0 Å². The topological polar surface area (TPSA) is 90.4 Å². The Hall–Kier alpha value is -2.41. The number of methoxy groups -OCH3 is 1. The molecule has 7 nitrogen and oxygen atoms in total. The van der Waals surface area contributed by atoms with Gasteiger partial charge in [-0.3, -0.25) is 0 Å². The van der Waals surface area contributed by atoms with Gasteiger partial charge in [-0.15, -0.1) is 0 Å². The van der Waals surface area contributed by atoms with E-state index in [9.17, 15) is 15.2 Å².